The molecule has 0 saturated carbocycles. The van der Waals surface area contributed by atoms with Crippen molar-refractivity contribution in [2.45, 2.75) is 0 Å². The molecule has 4 heteroatoms. The molecule has 0 atom stereocenters. The summed E-state index contributed by atoms with van der Waals surface area (Å²) < 4.78 is 0. The number of hydrogen-bond acceptors (Lipinski definition) is 3. The summed E-state index contributed by atoms with van der Waals surface area (Å²) in [4.78, 5) is 9.91. The Morgan fingerprint density at radius 1 is 2.00 bits per heavy atom. The van der Waals surface area contributed by atoms with Crippen molar-refractivity contribution < 1.29 is 4.79 Å². The first kappa shape index (κ1) is 5.78. The fourth-order valence-electron chi connectivity index (χ4n) is 0.0589. The van der Waals surface area contributed by atoms with Crippen molar-refractivity contribution in [3.8, 4) is 0 Å². The molecule has 0 aliphatic heterocycles. The van der Waals surface area contributed by atoms with E-state index in [2.05, 4.69) is 5.32 Å². The number of nitrogens with two attached hydrogens (primary N) is 1. The lowest BCUT2D eigenvalue weighted by Gasteiger charge is -1.86. The van der Waals surface area contributed by atoms with E-state index < -0.39 is 0 Å². The molecule has 0 spiro atoms. The SMILES string of the molecule is CNC(=O)SN. The van der Waals surface area contributed by atoms with Gasteiger partial charge in [-0.2, -0.15) is 0 Å². The van der Waals surface area contributed by atoms with Gasteiger partial charge in [0.15, 0.2) is 0 Å². The maximum Gasteiger partial charge on any atom is 0.293 e. The van der Waals surface area contributed by atoms with Crippen LogP contribution in [0.15, 0.2) is 0 Å². The third kappa shape index (κ3) is 2.04. The zero-order valence-electron chi connectivity index (χ0n) is 3.39. The molecule has 3 nitrogen and oxygen atoms in total. The van der Waals surface area contributed by atoms with Gasteiger partial charge >= 0.3 is 0 Å². The maximum atomic E-state index is 9.91. The summed E-state index contributed by atoms with van der Waals surface area (Å²) in [5.41, 5.74) is 0. The molecular weight excluding hydrogens is 100 g/mol. The Hall–Kier alpha value is -0.220. The van der Waals surface area contributed by atoms with Gasteiger partial charge in [0.2, 0.25) is 0 Å². The highest BCUT2D eigenvalue weighted by molar-refractivity contribution is 8.11. The predicted molar refractivity (Wildman–Crippen MR) is 26.2 cm³/mol. The molecule has 0 aromatic heterocycles. The van der Waals surface area contributed by atoms with Gasteiger partial charge in [-0.15, -0.1) is 0 Å². The van der Waals surface area contributed by atoms with Crippen molar-refractivity contribution in [1.29, 1.82) is 0 Å². The second-order valence-corrected chi connectivity index (χ2v) is 1.26. The highest BCUT2D eigenvalue weighted by Gasteiger charge is 1.86. The summed E-state index contributed by atoms with van der Waals surface area (Å²) in [5.74, 6) is 0. The molecule has 0 aliphatic rings. The Bertz CT molecular complexity index is 49.5. The summed E-state index contributed by atoms with van der Waals surface area (Å²) in [6.45, 7) is 0. The number of hydrogen-bond donors (Lipinski definition) is 2. The zero-order valence-corrected chi connectivity index (χ0v) is 4.21. The number of nitrogens with one attached hydrogen (secondary N) is 1. The fourth-order valence-corrected chi connectivity index (χ4v) is 0.177. The van der Waals surface area contributed by atoms with Crippen LogP contribution in [0.3, 0.4) is 0 Å². The molecular formula is C2H6N2OS. The van der Waals surface area contributed by atoms with E-state index in [1.54, 1.807) is 0 Å². The van der Waals surface area contributed by atoms with Crippen molar-refractivity contribution >= 4 is 17.2 Å². The molecule has 0 unspecified atom stereocenters. The van der Waals surface area contributed by atoms with Gasteiger partial charge in [-0.05, 0) is 0 Å². The maximum absolute atomic E-state index is 9.91. The summed E-state index contributed by atoms with van der Waals surface area (Å²) >= 11 is 0.675. The van der Waals surface area contributed by atoms with Crippen molar-refractivity contribution in [2.75, 3.05) is 7.05 Å². The van der Waals surface area contributed by atoms with Crippen molar-refractivity contribution in [3.63, 3.8) is 0 Å². The minimum absolute atomic E-state index is 0.213. The van der Waals surface area contributed by atoms with Gasteiger partial charge in [0, 0.05) is 19.0 Å². The second kappa shape index (κ2) is 2.99. The summed E-state index contributed by atoms with van der Waals surface area (Å²) in [7, 11) is 1.53. The smallest absolute Gasteiger partial charge is 0.293 e. The van der Waals surface area contributed by atoms with Gasteiger partial charge in [-0.25, -0.2) is 0 Å². The van der Waals surface area contributed by atoms with Crippen LogP contribution in [0.4, 0.5) is 4.79 Å². The molecule has 0 aromatic carbocycles. The molecule has 0 heterocycles. The van der Waals surface area contributed by atoms with Gasteiger partial charge in [0.1, 0.15) is 0 Å². The van der Waals surface area contributed by atoms with Crippen molar-refractivity contribution in [1.82, 2.24) is 5.32 Å². The van der Waals surface area contributed by atoms with Gasteiger partial charge in [0.05, 0.1) is 0 Å². The van der Waals surface area contributed by atoms with Crippen molar-refractivity contribution in [2.24, 2.45) is 5.14 Å². The highest BCUT2D eigenvalue weighted by Crippen LogP contribution is 1.82. The quantitative estimate of drug-likeness (QED) is 0.425. The number of carbonyl (C=O) groups is 1. The normalized spacial score (nSPS) is 7.67. The first-order valence-corrected chi connectivity index (χ1v) is 2.27. The molecule has 0 aromatic rings. The van der Waals surface area contributed by atoms with E-state index in [1.165, 1.54) is 7.05 Å². The third-order valence-electron chi connectivity index (χ3n) is 0.311. The third-order valence-corrected chi connectivity index (χ3v) is 0.729. The van der Waals surface area contributed by atoms with Crippen LogP contribution in [0.1, 0.15) is 0 Å². The fraction of sp³-hybridized carbons (Fsp3) is 0.500. The molecule has 0 aliphatic carbocycles. The van der Waals surface area contributed by atoms with Crippen LogP contribution in [0, 0.1) is 0 Å². The van der Waals surface area contributed by atoms with Crippen LogP contribution in [-0.2, 0) is 0 Å². The Morgan fingerprint density at radius 3 is 2.50 bits per heavy atom. The average Bonchev–Trinajstić information content (AvgIpc) is 1.65. The largest absolute Gasteiger partial charge is 0.349 e. The molecule has 0 fully saturated rings. The second-order valence-electron chi connectivity index (χ2n) is 0.655. The topological polar surface area (TPSA) is 55.1 Å². The molecule has 0 bridgehead atoms. The first-order valence-electron chi connectivity index (χ1n) is 1.39. The first-order chi connectivity index (χ1) is 2.81. The van der Waals surface area contributed by atoms with E-state index in [9.17, 15) is 4.79 Å². The Morgan fingerprint density at radius 2 is 2.50 bits per heavy atom. The lowest BCUT2D eigenvalue weighted by Crippen LogP contribution is -2.12. The minimum Gasteiger partial charge on any atom is -0.349 e. The summed E-state index contributed by atoms with van der Waals surface area (Å²) in [6.07, 6.45) is 0. The standard InChI is InChI=1S/C2H6N2OS/c1-4-2(5)6-3/h3H2,1H3,(H,4,5). The Balaban J connectivity index is 2.99. The molecule has 0 radical (unpaired) electrons. The zero-order chi connectivity index (χ0) is 4.99. The lowest BCUT2D eigenvalue weighted by molar-refractivity contribution is 0.262. The van der Waals surface area contributed by atoms with Crippen LogP contribution >= 0.6 is 11.9 Å². The number of amides is 1. The van der Waals surface area contributed by atoms with E-state index >= 15 is 0 Å². The summed E-state index contributed by atoms with van der Waals surface area (Å²) in [5, 5.41) is 6.89. The van der Waals surface area contributed by atoms with E-state index in [0.717, 1.165) is 0 Å². The van der Waals surface area contributed by atoms with Gasteiger partial charge in [-0.3, -0.25) is 9.93 Å². The molecule has 0 saturated heterocycles. The number of rotatable bonds is 0. The van der Waals surface area contributed by atoms with Crippen LogP contribution in [0.25, 0.3) is 0 Å². The Kier molecular flexibility index (Phi) is 2.88. The van der Waals surface area contributed by atoms with Crippen LogP contribution in [0.2, 0.25) is 0 Å². The van der Waals surface area contributed by atoms with E-state index in [0.29, 0.717) is 11.9 Å². The predicted octanol–water partition coefficient (Wildman–Crippen LogP) is -0.0673. The average molecular weight is 106 g/mol. The van der Waals surface area contributed by atoms with Crippen molar-refractivity contribution in [3.05, 3.63) is 0 Å². The minimum atomic E-state index is -0.213. The molecule has 0 rings (SSSR count). The highest BCUT2D eigenvalue weighted by atomic mass is 32.2. The monoisotopic (exact) mass is 106 g/mol. The van der Waals surface area contributed by atoms with Gasteiger partial charge in [-0.1, -0.05) is 0 Å². The molecule has 3 N–H and O–H groups in total. The van der Waals surface area contributed by atoms with Gasteiger partial charge in [0.25, 0.3) is 5.24 Å². The van der Waals surface area contributed by atoms with E-state index in [1.807, 2.05) is 0 Å². The molecule has 6 heavy (non-hydrogen) atoms. The van der Waals surface area contributed by atoms with Gasteiger partial charge < -0.3 is 5.32 Å². The van der Waals surface area contributed by atoms with E-state index in [4.69, 9.17) is 5.14 Å². The van der Waals surface area contributed by atoms with Crippen LogP contribution in [-0.4, -0.2) is 12.3 Å². The number of carbonyl (C=O) groups excluding carboxylic acids is 1. The summed E-state index contributed by atoms with van der Waals surface area (Å²) in [6, 6.07) is 0. The Labute approximate surface area is 40.4 Å². The van der Waals surface area contributed by atoms with E-state index in [-0.39, 0.29) is 5.24 Å². The van der Waals surface area contributed by atoms with Crippen LogP contribution < -0.4 is 10.5 Å². The van der Waals surface area contributed by atoms with Crippen LogP contribution in [0.5, 0.6) is 0 Å². The molecule has 1 amide bonds. The lowest BCUT2D eigenvalue weighted by atomic mass is 11.2. The molecule has 36 valence electrons.